The monoisotopic (exact) mass is 575 g/mol. The second kappa shape index (κ2) is 18.0. The summed E-state index contributed by atoms with van der Waals surface area (Å²) in [5, 5.41) is 7.22. The van der Waals surface area contributed by atoms with Crippen LogP contribution in [0.3, 0.4) is 0 Å². The summed E-state index contributed by atoms with van der Waals surface area (Å²) in [6, 6.07) is 0.611. The molecule has 3 saturated carbocycles. The zero-order valence-corrected chi connectivity index (χ0v) is 27.5. The predicted molar refractivity (Wildman–Crippen MR) is 171 cm³/mol. The number of nitrogens with one attached hydrogen (secondary N) is 2. The van der Waals surface area contributed by atoms with Gasteiger partial charge < -0.3 is 15.4 Å². The van der Waals surface area contributed by atoms with E-state index >= 15 is 0 Å². The summed E-state index contributed by atoms with van der Waals surface area (Å²) in [6.45, 7) is 9.10. The molecule has 3 aliphatic rings. The molecule has 0 radical (unpaired) electrons. The summed E-state index contributed by atoms with van der Waals surface area (Å²) in [5.74, 6) is 1.02. The molecule has 0 aromatic carbocycles. The Labute approximate surface area is 253 Å². The quantitative estimate of drug-likeness (QED) is 0.259. The van der Waals surface area contributed by atoms with E-state index in [4.69, 9.17) is 4.74 Å². The molecule has 0 aliphatic heterocycles. The maximum atomic E-state index is 14.4. The third kappa shape index (κ3) is 10.9. The molecule has 0 bridgehead atoms. The van der Waals surface area contributed by atoms with E-state index in [1.54, 1.807) is 0 Å². The second-order valence-electron chi connectivity index (χ2n) is 14.4. The van der Waals surface area contributed by atoms with Gasteiger partial charge >= 0.3 is 0 Å². The fourth-order valence-electron chi connectivity index (χ4n) is 8.16. The number of hydrogen-bond acceptors (Lipinski definition) is 4. The Morgan fingerprint density at radius 1 is 0.634 bits per heavy atom. The maximum Gasteiger partial charge on any atom is 0.246 e. The van der Waals surface area contributed by atoms with Gasteiger partial charge in [0.2, 0.25) is 5.91 Å². The average molecular weight is 575 g/mol. The highest BCUT2D eigenvalue weighted by atomic mass is 16.5. The first-order chi connectivity index (χ1) is 19.8. The van der Waals surface area contributed by atoms with Gasteiger partial charge in [-0.3, -0.25) is 9.59 Å². The van der Waals surface area contributed by atoms with Crippen LogP contribution in [0, 0.1) is 11.3 Å². The molecule has 2 N–H and O–H groups in total. The molecule has 3 aliphatic carbocycles. The van der Waals surface area contributed by atoms with Gasteiger partial charge in [-0.05, 0) is 89.9 Å². The number of rotatable bonds is 11. The first kappa shape index (κ1) is 34.5. The zero-order valence-electron chi connectivity index (χ0n) is 27.5. The van der Waals surface area contributed by atoms with Gasteiger partial charge in [0, 0.05) is 17.5 Å². The summed E-state index contributed by atoms with van der Waals surface area (Å²) in [6.07, 6.45) is 27.3. The normalized spacial score (nSPS) is 27.8. The van der Waals surface area contributed by atoms with Crippen molar-refractivity contribution in [3.05, 3.63) is 0 Å². The fraction of sp³-hybridized carbons (Fsp3) is 0.944. The van der Waals surface area contributed by atoms with Gasteiger partial charge in [-0.2, -0.15) is 0 Å². The van der Waals surface area contributed by atoms with Crippen molar-refractivity contribution in [1.82, 2.24) is 10.6 Å². The number of carbonyl (C=O) groups excluding carboxylic acids is 2. The summed E-state index contributed by atoms with van der Waals surface area (Å²) in [4.78, 5) is 27.1. The molecule has 3 fully saturated rings. The van der Waals surface area contributed by atoms with Crippen LogP contribution in [0.4, 0.5) is 0 Å². The molecule has 0 aromatic rings. The van der Waals surface area contributed by atoms with Crippen molar-refractivity contribution in [3.63, 3.8) is 0 Å². The SMILES string of the molecule is CCC(C)(NC1CCCC(NC(=O)COC2CCCCCCCC2)CCC1)C(=O)C(C)(CC)C1CCCCCCC1. The van der Waals surface area contributed by atoms with Crippen LogP contribution in [-0.2, 0) is 14.3 Å². The number of ether oxygens (including phenoxy) is 1. The van der Waals surface area contributed by atoms with Crippen LogP contribution in [0.25, 0.3) is 0 Å². The van der Waals surface area contributed by atoms with Gasteiger partial charge in [0.1, 0.15) is 6.61 Å². The molecule has 5 heteroatoms. The molecule has 41 heavy (non-hydrogen) atoms. The largest absolute Gasteiger partial charge is 0.368 e. The van der Waals surface area contributed by atoms with Crippen molar-refractivity contribution in [2.45, 2.75) is 199 Å². The maximum absolute atomic E-state index is 14.4. The zero-order chi connectivity index (χ0) is 29.6. The molecular weight excluding hydrogens is 508 g/mol. The third-order valence-corrected chi connectivity index (χ3v) is 11.3. The van der Waals surface area contributed by atoms with Crippen LogP contribution in [0.5, 0.6) is 0 Å². The molecule has 2 atom stereocenters. The molecule has 2 unspecified atom stereocenters. The highest BCUT2D eigenvalue weighted by Crippen LogP contribution is 2.43. The van der Waals surface area contributed by atoms with Gasteiger partial charge in [0.05, 0.1) is 11.6 Å². The highest BCUT2D eigenvalue weighted by Gasteiger charge is 2.47. The summed E-state index contributed by atoms with van der Waals surface area (Å²) >= 11 is 0. The summed E-state index contributed by atoms with van der Waals surface area (Å²) in [5.41, 5.74) is -0.721. The van der Waals surface area contributed by atoms with Crippen molar-refractivity contribution in [3.8, 4) is 0 Å². The van der Waals surface area contributed by atoms with Gasteiger partial charge in [0.25, 0.3) is 0 Å². The molecular formula is C36H66N2O3. The smallest absolute Gasteiger partial charge is 0.246 e. The van der Waals surface area contributed by atoms with E-state index in [1.807, 2.05) is 0 Å². The lowest BCUT2D eigenvalue weighted by molar-refractivity contribution is -0.139. The lowest BCUT2D eigenvalue weighted by Crippen LogP contribution is -2.59. The van der Waals surface area contributed by atoms with Crippen LogP contribution >= 0.6 is 0 Å². The minimum absolute atomic E-state index is 0.0577. The molecule has 3 rings (SSSR count). The molecule has 0 saturated heterocycles. The minimum Gasteiger partial charge on any atom is -0.368 e. The molecule has 0 spiro atoms. The number of amides is 1. The van der Waals surface area contributed by atoms with Crippen molar-refractivity contribution >= 4 is 11.7 Å². The standard InChI is InChI=1S/C36H66N2O3/c1-5-35(3,29-20-14-10-9-11-15-21-29)34(40)36(4,6-2)38-31-24-18-22-30(23-19-25-31)37-33(39)28-41-32-26-16-12-7-8-13-17-27-32/h29-32,38H,5-28H2,1-4H3,(H,37,39). The predicted octanol–water partition coefficient (Wildman–Crippen LogP) is 8.82. The summed E-state index contributed by atoms with van der Waals surface area (Å²) in [7, 11) is 0. The van der Waals surface area contributed by atoms with Crippen LogP contribution in [0.2, 0.25) is 0 Å². The highest BCUT2D eigenvalue weighted by molar-refractivity contribution is 5.93. The third-order valence-electron chi connectivity index (χ3n) is 11.3. The van der Waals surface area contributed by atoms with E-state index in [-0.39, 0.29) is 30.1 Å². The van der Waals surface area contributed by atoms with E-state index in [2.05, 4.69) is 38.3 Å². The number of hydrogen-bond donors (Lipinski definition) is 2. The van der Waals surface area contributed by atoms with Crippen molar-refractivity contribution in [2.75, 3.05) is 6.61 Å². The molecule has 0 heterocycles. The van der Waals surface area contributed by atoms with Crippen molar-refractivity contribution in [2.24, 2.45) is 11.3 Å². The Kier molecular flexibility index (Phi) is 15.2. The van der Waals surface area contributed by atoms with E-state index in [1.165, 1.54) is 83.5 Å². The Hall–Kier alpha value is -0.940. The number of carbonyl (C=O) groups is 2. The fourth-order valence-corrected chi connectivity index (χ4v) is 8.16. The van der Waals surface area contributed by atoms with E-state index in [9.17, 15) is 9.59 Å². The Morgan fingerprint density at radius 3 is 1.63 bits per heavy atom. The average Bonchev–Trinajstić information content (AvgIpc) is 3.07. The molecule has 5 nitrogen and oxygen atoms in total. The lowest BCUT2D eigenvalue weighted by atomic mass is 9.62. The topological polar surface area (TPSA) is 67.4 Å². The van der Waals surface area contributed by atoms with Crippen LogP contribution < -0.4 is 10.6 Å². The van der Waals surface area contributed by atoms with Gasteiger partial charge in [-0.15, -0.1) is 0 Å². The first-order valence-electron chi connectivity index (χ1n) is 18.0. The summed E-state index contributed by atoms with van der Waals surface area (Å²) < 4.78 is 6.08. The first-order valence-corrected chi connectivity index (χ1v) is 18.0. The van der Waals surface area contributed by atoms with Crippen molar-refractivity contribution < 1.29 is 14.3 Å². The Morgan fingerprint density at radius 2 is 1.12 bits per heavy atom. The van der Waals surface area contributed by atoms with Gasteiger partial charge in [0.15, 0.2) is 5.78 Å². The molecule has 1 amide bonds. The van der Waals surface area contributed by atoms with Gasteiger partial charge in [-0.25, -0.2) is 0 Å². The van der Waals surface area contributed by atoms with Crippen LogP contribution in [0.1, 0.15) is 175 Å². The van der Waals surface area contributed by atoms with Crippen LogP contribution in [-0.4, -0.2) is 42.0 Å². The molecule has 0 aromatic heterocycles. The van der Waals surface area contributed by atoms with E-state index in [0.29, 0.717) is 17.7 Å². The van der Waals surface area contributed by atoms with E-state index < -0.39 is 5.54 Å². The number of ketones is 1. The van der Waals surface area contributed by atoms with Crippen LogP contribution in [0.15, 0.2) is 0 Å². The number of Topliss-reactive ketones (excluding diaryl/α,β-unsaturated/α-hetero) is 1. The molecule has 238 valence electrons. The lowest BCUT2D eigenvalue weighted by Gasteiger charge is -2.45. The Balaban J connectivity index is 1.47. The van der Waals surface area contributed by atoms with E-state index in [0.717, 1.165) is 64.2 Å². The second-order valence-corrected chi connectivity index (χ2v) is 14.4. The van der Waals surface area contributed by atoms with Gasteiger partial charge in [-0.1, -0.05) is 91.4 Å². The van der Waals surface area contributed by atoms with Crippen molar-refractivity contribution in [1.29, 1.82) is 0 Å². The Bertz CT molecular complexity index is 744. The minimum atomic E-state index is -0.474.